The highest BCUT2D eigenvalue weighted by atomic mass is 35.5. The molecule has 0 N–H and O–H groups in total. The first-order valence-electron chi connectivity index (χ1n) is 5.84. The number of rotatable bonds is 5. The van der Waals surface area contributed by atoms with E-state index in [1.807, 2.05) is 6.07 Å². The van der Waals surface area contributed by atoms with Gasteiger partial charge in [0.15, 0.2) is 5.22 Å². The van der Waals surface area contributed by atoms with E-state index >= 15 is 0 Å². The van der Waals surface area contributed by atoms with E-state index in [-0.39, 0.29) is 0 Å². The molecule has 0 unspecified atom stereocenters. The number of hydrogen-bond donors (Lipinski definition) is 0. The van der Waals surface area contributed by atoms with Crippen molar-refractivity contribution < 1.29 is 4.42 Å². The Kier molecular flexibility index (Phi) is 4.33. The molecule has 18 heavy (non-hydrogen) atoms. The first-order valence-corrected chi connectivity index (χ1v) is 6.22. The molecule has 5 heteroatoms. The van der Waals surface area contributed by atoms with Crippen molar-refractivity contribution in [1.82, 2.24) is 14.9 Å². The van der Waals surface area contributed by atoms with E-state index in [2.05, 4.69) is 28.8 Å². The van der Waals surface area contributed by atoms with Gasteiger partial charge in [0.05, 0.1) is 12.2 Å². The zero-order valence-electron chi connectivity index (χ0n) is 10.5. The highest BCUT2D eigenvalue weighted by Gasteiger charge is 2.13. The van der Waals surface area contributed by atoms with Crippen LogP contribution in [0.15, 0.2) is 35.1 Å². The maximum Gasteiger partial charge on any atom is 0.193 e. The molecular weight excluding hydrogens is 250 g/mol. The van der Waals surface area contributed by atoms with Crippen LogP contribution in [0.3, 0.4) is 0 Å². The Morgan fingerprint density at radius 2 is 2.22 bits per heavy atom. The predicted molar refractivity (Wildman–Crippen MR) is 70.4 cm³/mol. The number of nitrogens with zero attached hydrogens (tertiary/aromatic N) is 3. The third-order valence-electron chi connectivity index (χ3n) is 2.91. The Morgan fingerprint density at radius 1 is 1.39 bits per heavy atom. The van der Waals surface area contributed by atoms with E-state index in [0.717, 1.165) is 24.4 Å². The minimum absolute atomic E-state index is 0.352. The summed E-state index contributed by atoms with van der Waals surface area (Å²) in [6.45, 7) is 2.88. The molecule has 0 aliphatic rings. The van der Waals surface area contributed by atoms with Crippen molar-refractivity contribution in [3.63, 3.8) is 0 Å². The Balaban J connectivity index is 1.90. The van der Waals surface area contributed by atoms with Crippen LogP contribution in [0, 0.1) is 0 Å². The van der Waals surface area contributed by atoms with Gasteiger partial charge in [-0.3, -0.25) is 14.9 Å². The molecule has 0 aromatic carbocycles. The van der Waals surface area contributed by atoms with E-state index in [1.54, 1.807) is 24.7 Å². The second kappa shape index (κ2) is 5.98. The zero-order chi connectivity index (χ0) is 13.0. The topological polar surface area (TPSA) is 42.2 Å². The average Bonchev–Trinajstić information content (AvgIpc) is 2.76. The highest BCUT2D eigenvalue weighted by Crippen LogP contribution is 2.16. The summed E-state index contributed by atoms with van der Waals surface area (Å²) in [5.74, 6) is 0.869. The molecule has 0 saturated heterocycles. The van der Waals surface area contributed by atoms with Gasteiger partial charge >= 0.3 is 0 Å². The lowest BCUT2D eigenvalue weighted by atomic mass is 10.1. The van der Waals surface area contributed by atoms with Crippen molar-refractivity contribution in [3.05, 3.63) is 47.4 Å². The minimum Gasteiger partial charge on any atom is -0.448 e. The molecule has 0 aliphatic carbocycles. The summed E-state index contributed by atoms with van der Waals surface area (Å²) >= 11 is 5.75. The fourth-order valence-corrected chi connectivity index (χ4v) is 1.89. The van der Waals surface area contributed by atoms with Crippen LogP contribution in [-0.4, -0.2) is 28.0 Å². The van der Waals surface area contributed by atoms with Crippen molar-refractivity contribution in [1.29, 1.82) is 0 Å². The standard InChI is InChI=1S/C13H16ClN3O/c1-10(7-11-8-15-5-6-16-11)17(2)9-12-3-4-13(14)18-12/h3-6,8,10H,7,9H2,1-2H3/t10-/m1/s1. The molecule has 0 bridgehead atoms. The van der Waals surface area contributed by atoms with Crippen molar-refractivity contribution in [2.24, 2.45) is 0 Å². The minimum atomic E-state index is 0.352. The lowest BCUT2D eigenvalue weighted by molar-refractivity contribution is 0.227. The number of aromatic nitrogens is 2. The molecule has 2 aromatic heterocycles. The lowest BCUT2D eigenvalue weighted by Crippen LogP contribution is -2.30. The molecule has 0 saturated carbocycles. The Morgan fingerprint density at radius 3 is 2.83 bits per heavy atom. The molecule has 2 heterocycles. The molecule has 0 amide bonds. The van der Waals surface area contributed by atoms with E-state index < -0.39 is 0 Å². The molecule has 0 spiro atoms. The van der Waals surface area contributed by atoms with Crippen LogP contribution in [0.25, 0.3) is 0 Å². The van der Waals surface area contributed by atoms with Crippen molar-refractivity contribution in [3.8, 4) is 0 Å². The van der Waals surface area contributed by atoms with Crippen LogP contribution in [0.4, 0.5) is 0 Å². The van der Waals surface area contributed by atoms with Gasteiger partial charge in [0.2, 0.25) is 0 Å². The third kappa shape index (κ3) is 3.55. The predicted octanol–water partition coefficient (Wildman–Crippen LogP) is 2.79. The van der Waals surface area contributed by atoms with Crippen LogP contribution in [0.5, 0.6) is 0 Å². The molecule has 1 atom stereocenters. The number of likely N-dealkylation sites (N-methyl/N-ethyl adjacent to an activating group) is 1. The fourth-order valence-electron chi connectivity index (χ4n) is 1.73. The summed E-state index contributed by atoms with van der Waals surface area (Å²) in [6.07, 6.45) is 6.06. The van der Waals surface area contributed by atoms with E-state index in [4.69, 9.17) is 16.0 Å². The Hall–Kier alpha value is -1.39. The normalized spacial score (nSPS) is 12.9. The third-order valence-corrected chi connectivity index (χ3v) is 3.11. The summed E-state index contributed by atoms with van der Waals surface area (Å²) in [5.41, 5.74) is 0.995. The van der Waals surface area contributed by atoms with Gasteiger partial charge in [-0.2, -0.15) is 0 Å². The van der Waals surface area contributed by atoms with E-state index in [0.29, 0.717) is 11.3 Å². The molecule has 2 aromatic rings. The van der Waals surface area contributed by atoms with Crippen LogP contribution >= 0.6 is 11.6 Å². The molecule has 0 fully saturated rings. The monoisotopic (exact) mass is 265 g/mol. The summed E-state index contributed by atoms with van der Waals surface area (Å²) in [5, 5.41) is 0.431. The van der Waals surface area contributed by atoms with Crippen molar-refractivity contribution in [2.75, 3.05) is 7.05 Å². The number of hydrogen-bond acceptors (Lipinski definition) is 4. The first-order chi connectivity index (χ1) is 8.65. The number of halogens is 1. The maximum atomic E-state index is 5.75. The Labute approximate surface area is 112 Å². The summed E-state index contributed by atoms with van der Waals surface area (Å²) < 4.78 is 5.35. The van der Waals surface area contributed by atoms with Crippen LogP contribution in [0.2, 0.25) is 5.22 Å². The SMILES string of the molecule is C[C@H](Cc1cnccn1)N(C)Cc1ccc(Cl)o1. The molecule has 4 nitrogen and oxygen atoms in total. The maximum absolute atomic E-state index is 5.75. The van der Waals surface area contributed by atoms with Crippen LogP contribution < -0.4 is 0 Å². The van der Waals surface area contributed by atoms with Crippen molar-refractivity contribution in [2.45, 2.75) is 25.9 Å². The van der Waals surface area contributed by atoms with Gasteiger partial charge in [-0.1, -0.05) is 0 Å². The lowest BCUT2D eigenvalue weighted by Gasteiger charge is -2.23. The second-order valence-corrected chi connectivity index (χ2v) is 4.74. The van der Waals surface area contributed by atoms with E-state index in [9.17, 15) is 0 Å². The van der Waals surface area contributed by atoms with Gasteiger partial charge < -0.3 is 4.42 Å². The molecular formula is C13H16ClN3O. The molecule has 0 aliphatic heterocycles. The zero-order valence-corrected chi connectivity index (χ0v) is 11.3. The van der Waals surface area contributed by atoms with Crippen molar-refractivity contribution >= 4 is 11.6 Å². The van der Waals surface area contributed by atoms with Gasteiger partial charge in [-0.05, 0) is 37.7 Å². The van der Waals surface area contributed by atoms with Gasteiger partial charge in [-0.25, -0.2) is 0 Å². The highest BCUT2D eigenvalue weighted by molar-refractivity contribution is 6.28. The molecule has 96 valence electrons. The summed E-state index contributed by atoms with van der Waals surface area (Å²) in [7, 11) is 2.05. The second-order valence-electron chi connectivity index (χ2n) is 4.37. The first kappa shape index (κ1) is 13.1. The van der Waals surface area contributed by atoms with Gasteiger partial charge in [0.25, 0.3) is 0 Å². The molecule has 0 radical (unpaired) electrons. The summed E-state index contributed by atoms with van der Waals surface area (Å²) in [6, 6.07) is 4.01. The average molecular weight is 266 g/mol. The fraction of sp³-hybridized carbons (Fsp3) is 0.385. The van der Waals surface area contributed by atoms with Gasteiger partial charge in [-0.15, -0.1) is 0 Å². The Bertz CT molecular complexity index is 486. The number of furan rings is 1. The molecule has 2 rings (SSSR count). The van der Waals surface area contributed by atoms with Crippen LogP contribution in [0.1, 0.15) is 18.4 Å². The largest absolute Gasteiger partial charge is 0.448 e. The van der Waals surface area contributed by atoms with E-state index in [1.165, 1.54) is 0 Å². The smallest absolute Gasteiger partial charge is 0.193 e. The quantitative estimate of drug-likeness (QED) is 0.834. The summed E-state index contributed by atoms with van der Waals surface area (Å²) in [4.78, 5) is 10.5. The van der Waals surface area contributed by atoms with Gasteiger partial charge in [0, 0.05) is 31.1 Å². The van der Waals surface area contributed by atoms with Crippen LogP contribution in [-0.2, 0) is 13.0 Å². The van der Waals surface area contributed by atoms with Gasteiger partial charge in [0.1, 0.15) is 5.76 Å².